The van der Waals surface area contributed by atoms with Crippen molar-refractivity contribution in [3.8, 4) is 0 Å². The van der Waals surface area contributed by atoms with Crippen molar-refractivity contribution in [3.05, 3.63) is 54.1 Å². The van der Waals surface area contributed by atoms with Gasteiger partial charge in [0, 0.05) is 37.3 Å². The lowest BCUT2D eigenvalue weighted by Gasteiger charge is -2.34. The summed E-state index contributed by atoms with van der Waals surface area (Å²) in [5, 5.41) is 3.45. The van der Waals surface area contributed by atoms with E-state index < -0.39 is 0 Å². The van der Waals surface area contributed by atoms with E-state index in [1.807, 2.05) is 26.5 Å². The van der Waals surface area contributed by atoms with Gasteiger partial charge >= 0.3 is 0 Å². The maximum Gasteiger partial charge on any atom is 0.109 e. The first-order valence-corrected chi connectivity index (χ1v) is 6.74. The SMILES string of the molecule is CNC(Cc1nccn1C)C(C)(C)c1ccccc1. The lowest BCUT2D eigenvalue weighted by atomic mass is 9.76. The van der Waals surface area contributed by atoms with Gasteiger partial charge in [-0.05, 0) is 12.6 Å². The number of rotatable bonds is 5. The van der Waals surface area contributed by atoms with Gasteiger partial charge in [-0.2, -0.15) is 0 Å². The molecule has 3 nitrogen and oxygen atoms in total. The van der Waals surface area contributed by atoms with Gasteiger partial charge in [-0.1, -0.05) is 44.2 Å². The molecule has 1 aromatic carbocycles. The second kappa shape index (κ2) is 5.57. The molecule has 102 valence electrons. The maximum atomic E-state index is 4.43. The summed E-state index contributed by atoms with van der Waals surface area (Å²) in [6.45, 7) is 4.57. The monoisotopic (exact) mass is 257 g/mol. The van der Waals surface area contributed by atoms with Crippen LogP contribution < -0.4 is 5.32 Å². The molecule has 0 bridgehead atoms. The van der Waals surface area contributed by atoms with E-state index in [1.165, 1.54) is 5.56 Å². The van der Waals surface area contributed by atoms with Gasteiger partial charge in [0.1, 0.15) is 5.82 Å². The van der Waals surface area contributed by atoms with E-state index in [2.05, 4.69) is 59.0 Å². The van der Waals surface area contributed by atoms with E-state index in [9.17, 15) is 0 Å². The third kappa shape index (κ3) is 2.87. The minimum Gasteiger partial charge on any atom is -0.338 e. The minimum absolute atomic E-state index is 0.0575. The molecule has 19 heavy (non-hydrogen) atoms. The van der Waals surface area contributed by atoms with Crippen LogP contribution in [0, 0.1) is 0 Å². The quantitative estimate of drug-likeness (QED) is 0.892. The summed E-state index contributed by atoms with van der Waals surface area (Å²) in [4.78, 5) is 4.43. The van der Waals surface area contributed by atoms with Crippen molar-refractivity contribution in [2.45, 2.75) is 31.7 Å². The predicted molar refractivity (Wildman–Crippen MR) is 79.2 cm³/mol. The molecule has 0 fully saturated rings. The van der Waals surface area contributed by atoms with Gasteiger partial charge in [0.05, 0.1) is 0 Å². The van der Waals surface area contributed by atoms with E-state index in [0.29, 0.717) is 6.04 Å². The Morgan fingerprint density at radius 1 is 1.26 bits per heavy atom. The standard InChI is InChI=1S/C16H23N3/c1-16(2,13-8-6-5-7-9-13)14(17-3)12-15-18-10-11-19(15)4/h5-11,14,17H,12H2,1-4H3. The molecular formula is C16H23N3. The summed E-state index contributed by atoms with van der Waals surface area (Å²) in [5.41, 5.74) is 1.41. The third-order valence-electron chi connectivity index (χ3n) is 4.05. The normalized spacial score (nSPS) is 13.5. The van der Waals surface area contributed by atoms with Crippen LogP contribution in [0.3, 0.4) is 0 Å². The van der Waals surface area contributed by atoms with Crippen molar-refractivity contribution >= 4 is 0 Å². The molecular weight excluding hydrogens is 234 g/mol. The Hall–Kier alpha value is -1.61. The van der Waals surface area contributed by atoms with Crippen molar-refractivity contribution in [1.29, 1.82) is 0 Å². The van der Waals surface area contributed by atoms with Crippen LogP contribution >= 0.6 is 0 Å². The van der Waals surface area contributed by atoms with Gasteiger partial charge in [0.15, 0.2) is 0 Å². The van der Waals surface area contributed by atoms with E-state index >= 15 is 0 Å². The van der Waals surface area contributed by atoms with Crippen LogP contribution in [0.4, 0.5) is 0 Å². The van der Waals surface area contributed by atoms with E-state index in [4.69, 9.17) is 0 Å². The van der Waals surface area contributed by atoms with Crippen LogP contribution in [0.1, 0.15) is 25.2 Å². The number of benzene rings is 1. The van der Waals surface area contributed by atoms with Crippen molar-refractivity contribution < 1.29 is 0 Å². The number of aromatic nitrogens is 2. The van der Waals surface area contributed by atoms with E-state index in [0.717, 1.165) is 12.2 Å². The minimum atomic E-state index is 0.0575. The second-order valence-electron chi connectivity index (χ2n) is 5.59. The highest BCUT2D eigenvalue weighted by Crippen LogP contribution is 2.28. The summed E-state index contributed by atoms with van der Waals surface area (Å²) in [7, 11) is 4.07. The predicted octanol–water partition coefficient (Wildman–Crippen LogP) is 2.53. The van der Waals surface area contributed by atoms with Gasteiger partial charge in [-0.15, -0.1) is 0 Å². The molecule has 2 rings (SSSR count). The molecule has 1 atom stereocenters. The zero-order chi connectivity index (χ0) is 13.9. The van der Waals surface area contributed by atoms with Gasteiger partial charge < -0.3 is 9.88 Å². The molecule has 0 aliphatic heterocycles. The Morgan fingerprint density at radius 2 is 1.95 bits per heavy atom. The number of nitrogens with zero attached hydrogens (tertiary/aromatic N) is 2. The first kappa shape index (κ1) is 13.8. The molecule has 3 heteroatoms. The van der Waals surface area contributed by atoms with Crippen molar-refractivity contribution in [2.75, 3.05) is 7.05 Å². The zero-order valence-corrected chi connectivity index (χ0v) is 12.2. The van der Waals surface area contributed by atoms with Crippen LogP contribution in [-0.2, 0) is 18.9 Å². The summed E-state index contributed by atoms with van der Waals surface area (Å²) >= 11 is 0. The van der Waals surface area contributed by atoms with Crippen LogP contribution in [0.5, 0.6) is 0 Å². The molecule has 0 radical (unpaired) electrons. The van der Waals surface area contributed by atoms with Crippen LogP contribution in [0.15, 0.2) is 42.7 Å². The first-order valence-electron chi connectivity index (χ1n) is 6.74. The lowest BCUT2D eigenvalue weighted by molar-refractivity contribution is 0.349. The highest BCUT2D eigenvalue weighted by molar-refractivity contribution is 5.26. The van der Waals surface area contributed by atoms with Crippen LogP contribution in [0.25, 0.3) is 0 Å². The molecule has 0 aliphatic carbocycles. The topological polar surface area (TPSA) is 29.9 Å². The summed E-state index contributed by atoms with van der Waals surface area (Å²) in [5.74, 6) is 1.11. The molecule has 2 aromatic rings. The number of aryl methyl sites for hydroxylation is 1. The fourth-order valence-corrected chi connectivity index (χ4v) is 2.56. The average Bonchev–Trinajstić information content (AvgIpc) is 2.82. The second-order valence-corrected chi connectivity index (χ2v) is 5.59. The molecule has 0 amide bonds. The molecule has 0 saturated carbocycles. The largest absolute Gasteiger partial charge is 0.338 e. The lowest BCUT2D eigenvalue weighted by Crippen LogP contribution is -2.45. The molecule has 1 heterocycles. The van der Waals surface area contributed by atoms with Gasteiger partial charge in [0.25, 0.3) is 0 Å². The Labute approximate surface area is 115 Å². The van der Waals surface area contributed by atoms with Crippen molar-refractivity contribution in [1.82, 2.24) is 14.9 Å². The van der Waals surface area contributed by atoms with Crippen LogP contribution in [-0.4, -0.2) is 22.6 Å². The van der Waals surface area contributed by atoms with E-state index in [1.54, 1.807) is 0 Å². The smallest absolute Gasteiger partial charge is 0.109 e. The van der Waals surface area contributed by atoms with Gasteiger partial charge in [-0.25, -0.2) is 4.98 Å². The average molecular weight is 257 g/mol. The van der Waals surface area contributed by atoms with Gasteiger partial charge in [-0.3, -0.25) is 0 Å². The van der Waals surface area contributed by atoms with E-state index in [-0.39, 0.29) is 5.41 Å². The number of likely N-dealkylation sites (N-methyl/N-ethyl adjacent to an activating group) is 1. The summed E-state index contributed by atoms with van der Waals surface area (Å²) in [6.07, 6.45) is 4.77. The Kier molecular flexibility index (Phi) is 4.05. The Bertz CT molecular complexity index is 514. The van der Waals surface area contributed by atoms with Crippen molar-refractivity contribution in [2.24, 2.45) is 7.05 Å². The van der Waals surface area contributed by atoms with Crippen LogP contribution in [0.2, 0.25) is 0 Å². The Morgan fingerprint density at radius 3 is 2.47 bits per heavy atom. The third-order valence-corrected chi connectivity index (χ3v) is 4.05. The molecule has 1 unspecified atom stereocenters. The first-order chi connectivity index (χ1) is 9.05. The number of hydrogen-bond donors (Lipinski definition) is 1. The molecule has 1 aromatic heterocycles. The molecule has 0 spiro atoms. The summed E-state index contributed by atoms with van der Waals surface area (Å²) in [6, 6.07) is 11.0. The zero-order valence-electron chi connectivity index (χ0n) is 12.2. The molecule has 0 saturated heterocycles. The number of imidazole rings is 1. The van der Waals surface area contributed by atoms with Gasteiger partial charge in [0.2, 0.25) is 0 Å². The molecule has 1 N–H and O–H groups in total. The van der Waals surface area contributed by atoms with Crippen molar-refractivity contribution in [3.63, 3.8) is 0 Å². The fourth-order valence-electron chi connectivity index (χ4n) is 2.56. The fraction of sp³-hybridized carbons (Fsp3) is 0.438. The molecule has 0 aliphatic rings. The number of hydrogen-bond acceptors (Lipinski definition) is 2. The highest BCUT2D eigenvalue weighted by Gasteiger charge is 2.30. The Balaban J connectivity index is 2.24. The summed E-state index contributed by atoms with van der Waals surface area (Å²) < 4.78 is 2.09. The highest BCUT2D eigenvalue weighted by atomic mass is 15.0. The number of nitrogens with one attached hydrogen (secondary N) is 1. The maximum absolute atomic E-state index is 4.43.